The molecule has 0 aliphatic carbocycles. The summed E-state index contributed by atoms with van der Waals surface area (Å²) in [5.41, 5.74) is 2.28. The van der Waals surface area contributed by atoms with Crippen molar-refractivity contribution in [3.8, 4) is 0 Å². The van der Waals surface area contributed by atoms with Crippen LogP contribution in [0, 0.1) is 6.92 Å². The van der Waals surface area contributed by atoms with Gasteiger partial charge in [-0.1, -0.05) is 0 Å². The fourth-order valence-electron chi connectivity index (χ4n) is 1.83. The van der Waals surface area contributed by atoms with Gasteiger partial charge in [0, 0.05) is 27.9 Å². The van der Waals surface area contributed by atoms with Gasteiger partial charge in [-0.3, -0.25) is 0 Å². The molecule has 2 rings (SSSR count). The fourth-order valence-corrected chi connectivity index (χ4v) is 3.53. The molecule has 1 aromatic carbocycles. The first kappa shape index (κ1) is 13.6. The van der Waals surface area contributed by atoms with Crippen LogP contribution in [0.1, 0.15) is 18.3 Å². The summed E-state index contributed by atoms with van der Waals surface area (Å²) in [6, 6.07) is 4.19. The van der Waals surface area contributed by atoms with E-state index < -0.39 is 0 Å². The van der Waals surface area contributed by atoms with Crippen molar-refractivity contribution >= 4 is 37.5 Å². The zero-order chi connectivity index (χ0) is 13.1. The second-order valence-corrected chi connectivity index (χ2v) is 5.80. The van der Waals surface area contributed by atoms with Gasteiger partial charge in [-0.15, -0.1) is 0 Å². The van der Waals surface area contributed by atoms with Crippen LogP contribution in [0.3, 0.4) is 0 Å². The number of benzene rings is 1. The maximum absolute atomic E-state index is 4.35. The normalized spacial score (nSPS) is 10.7. The highest BCUT2D eigenvalue weighted by molar-refractivity contribution is 9.11. The Labute approximate surface area is 124 Å². The quantitative estimate of drug-likeness (QED) is 0.864. The topological polar surface area (TPSA) is 29.9 Å². The lowest BCUT2D eigenvalue weighted by Gasteiger charge is -2.12. The second kappa shape index (κ2) is 5.89. The van der Waals surface area contributed by atoms with Gasteiger partial charge in [0.25, 0.3) is 0 Å². The highest BCUT2D eigenvalue weighted by Gasteiger charge is 2.07. The molecule has 0 atom stereocenters. The molecule has 0 radical (unpaired) electrons. The summed E-state index contributed by atoms with van der Waals surface area (Å²) in [6.07, 6.45) is 3.83. The Morgan fingerprint density at radius 3 is 2.56 bits per heavy atom. The number of nitrogens with one attached hydrogen (secondary N) is 1. The molecule has 1 aromatic heterocycles. The van der Waals surface area contributed by atoms with Crippen molar-refractivity contribution in [3.63, 3.8) is 0 Å². The van der Waals surface area contributed by atoms with Crippen LogP contribution in [0.25, 0.3) is 0 Å². The van der Waals surface area contributed by atoms with Crippen molar-refractivity contribution in [2.45, 2.75) is 26.9 Å². The van der Waals surface area contributed by atoms with Gasteiger partial charge in [-0.2, -0.15) is 0 Å². The van der Waals surface area contributed by atoms with Gasteiger partial charge in [-0.25, -0.2) is 4.98 Å². The van der Waals surface area contributed by atoms with Crippen molar-refractivity contribution in [2.75, 3.05) is 5.32 Å². The van der Waals surface area contributed by atoms with Crippen molar-refractivity contribution in [1.82, 2.24) is 9.55 Å². The van der Waals surface area contributed by atoms with E-state index in [0.717, 1.165) is 27.0 Å². The Kier molecular flexibility index (Phi) is 4.45. The van der Waals surface area contributed by atoms with Gasteiger partial charge in [0.15, 0.2) is 0 Å². The van der Waals surface area contributed by atoms with Crippen LogP contribution in [-0.4, -0.2) is 9.55 Å². The molecule has 0 aliphatic rings. The lowest BCUT2D eigenvalue weighted by Crippen LogP contribution is -2.08. The van der Waals surface area contributed by atoms with Crippen LogP contribution in [0.2, 0.25) is 0 Å². The third-order valence-corrected chi connectivity index (χ3v) is 4.00. The molecule has 0 saturated carbocycles. The number of halogens is 2. The van der Waals surface area contributed by atoms with Gasteiger partial charge >= 0.3 is 0 Å². The minimum Gasteiger partial charge on any atom is -0.376 e. The van der Waals surface area contributed by atoms with Crippen molar-refractivity contribution in [2.24, 2.45) is 0 Å². The third kappa shape index (κ3) is 2.95. The number of hydrogen-bond acceptors (Lipinski definition) is 2. The first-order chi connectivity index (χ1) is 8.61. The Morgan fingerprint density at radius 2 is 1.94 bits per heavy atom. The summed E-state index contributed by atoms with van der Waals surface area (Å²) in [7, 11) is 0. The predicted molar refractivity (Wildman–Crippen MR) is 81.8 cm³/mol. The molecule has 0 amide bonds. The molecule has 18 heavy (non-hydrogen) atoms. The molecule has 2 aromatic rings. The summed E-state index contributed by atoms with van der Waals surface area (Å²) in [5.74, 6) is 1.04. The van der Waals surface area contributed by atoms with Crippen LogP contribution >= 0.6 is 31.9 Å². The Hall–Kier alpha value is -0.810. The maximum Gasteiger partial charge on any atom is 0.128 e. The van der Waals surface area contributed by atoms with E-state index in [0.29, 0.717) is 6.54 Å². The van der Waals surface area contributed by atoms with Crippen LogP contribution in [0.4, 0.5) is 5.69 Å². The monoisotopic (exact) mass is 371 g/mol. The molecule has 0 bridgehead atoms. The number of rotatable bonds is 4. The molecule has 96 valence electrons. The molecular weight excluding hydrogens is 358 g/mol. The third-order valence-electron chi connectivity index (χ3n) is 2.75. The molecule has 3 nitrogen and oxygen atoms in total. The number of aryl methyl sites for hydroxylation is 2. The summed E-state index contributed by atoms with van der Waals surface area (Å²) < 4.78 is 4.25. The number of aromatic nitrogens is 2. The average Bonchev–Trinajstić information content (AvgIpc) is 2.75. The van der Waals surface area contributed by atoms with Gasteiger partial charge < -0.3 is 9.88 Å². The average molecular weight is 373 g/mol. The van der Waals surface area contributed by atoms with E-state index in [1.54, 1.807) is 0 Å². The first-order valence-corrected chi connectivity index (χ1v) is 7.40. The van der Waals surface area contributed by atoms with Gasteiger partial charge in [0.05, 0.1) is 12.2 Å². The Morgan fingerprint density at radius 1 is 1.28 bits per heavy atom. The molecule has 5 heteroatoms. The summed E-state index contributed by atoms with van der Waals surface area (Å²) in [6.45, 7) is 5.83. The highest BCUT2D eigenvalue weighted by atomic mass is 79.9. The smallest absolute Gasteiger partial charge is 0.128 e. The SMILES string of the molecule is CCn1ccnc1CNc1c(Br)cc(C)cc1Br. The maximum atomic E-state index is 4.35. The van der Waals surface area contributed by atoms with Crippen LogP contribution < -0.4 is 5.32 Å². The summed E-state index contributed by atoms with van der Waals surface area (Å²) in [4.78, 5) is 4.35. The van der Waals surface area contributed by atoms with Crippen LogP contribution in [-0.2, 0) is 13.1 Å². The van der Waals surface area contributed by atoms with Gasteiger partial charge in [0.1, 0.15) is 5.82 Å². The lowest BCUT2D eigenvalue weighted by molar-refractivity contribution is 0.708. The molecule has 0 spiro atoms. The van der Waals surface area contributed by atoms with Gasteiger partial charge in [0.2, 0.25) is 0 Å². The van der Waals surface area contributed by atoms with Crippen molar-refractivity contribution < 1.29 is 0 Å². The highest BCUT2D eigenvalue weighted by Crippen LogP contribution is 2.32. The molecule has 1 heterocycles. The van der Waals surface area contributed by atoms with Crippen LogP contribution in [0.15, 0.2) is 33.5 Å². The van der Waals surface area contributed by atoms with Gasteiger partial charge in [-0.05, 0) is 63.4 Å². The van der Waals surface area contributed by atoms with E-state index in [1.807, 2.05) is 12.4 Å². The van der Waals surface area contributed by atoms with Crippen molar-refractivity contribution in [3.05, 3.63) is 44.9 Å². The Bertz CT molecular complexity index is 526. The first-order valence-electron chi connectivity index (χ1n) is 5.81. The minimum atomic E-state index is 0.709. The number of hydrogen-bond donors (Lipinski definition) is 1. The van der Waals surface area contributed by atoms with E-state index in [4.69, 9.17) is 0 Å². The summed E-state index contributed by atoms with van der Waals surface area (Å²) in [5, 5.41) is 3.41. The van der Waals surface area contributed by atoms with E-state index >= 15 is 0 Å². The van der Waals surface area contributed by atoms with E-state index in [9.17, 15) is 0 Å². The van der Waals surface area contributed by atoms with E-state index in [-0.39, 0.29) is 0 Å². The predicted octanol–water partition coefficient (Wildman–Crippen LogP) is 4.35. The number of nitrogens with zero attached hydrogens (tertiary/aromatic N) is 2. The molecule has 0 saturated heterocycles. The van der Waals surface area contributed by atoms with E-state index in [2.05, 4.69) is 72.7 Å². The largest absolute Gasteiger partial charge is 0.376 e. The zero-order valence-electron chi connectivity index (χ0n) is 10.4. The second-order valence-electron chi connectivity index (χ2n) is 4.09. The molecule has 1 N–H and O–H groups in total. The molecular formula is C13H15Br2N3. The van der Waals surface area contributed by atoms with E-state index in [1.165, 1.54) is 5.56 Å². The molecule has 0 unspecified atom stereocenters. The zero-order valence-corrected chi connectivity index (χ0v) is 13.5. The fraction of sp³-hybridized carbons (Fsp3) is 0.308. The minimum absolute atomic E-state index is 0.709. The molecule has 0 fully saturated rings. The number of anilines is 1. The standard InChI is InChI=1S/C13H15Br2N3/c1-3-18-5-4-16-12(18)8-17-13-10(14)6-9(2)7-11(13)15/h4-7,17H,3,8H2,1-2H3. The Balaban J connectivity index is 2.16. The van der Waals surface area contributed by atoms with Crippen LogP contribution in [0.5, 0.6) is 0 Å². The summed E-state index contributed by atoms with van der Waals surface area (Å²) >= 11 is 7.16. The molecule has 0 aliphatic heterocycles. The van der Waals surface area contributed by atoms with Crippen molar-refractivity contribution in [1.29, 1.82) is 0 Å². The lowest BCUT2D eigenvalue weighted by atomic mass is 10.2. The number of imidazole rings is 1.